The Morgan fingerprint density at radius 3 is 2.11 bits per heavy atom. The molecule has 0 fully saturated rings. The molecule has 0 aliphatic carbocycles. The maximum absolute atomic E-state index is 14.2. The highest BCUT2D eigenvalue weighted by Crippen LogP contribution is 2.26. The van der Waals surface area contributed by atoms with Crippen LogP contribution in [0.25, 0.3) is 0 Å². The van der Waals surface area contributed by atoms with Gasteiger partial charge in [0.2, 0.25) is 23.6 Å². The van der Waals surface area contributed by atoms with Crippen molar-refractivity contribution in [3.63, 3.8) is 0 Å². The molecule has 17 heteroatoms. The van der Waals surface area contributed by atoms with Crippen molar-refractivity contribution >= 4 is 47.6 Å². The molecule has 6 amide bonds. The summed E-state index contributed by atoms with van der Waals surface area (Å²) in [5.41, 5.74) is 1.44. The third kappa shape index (κ3) is 16.2. The largest absolute Gasteiger partial charge is 0.456 e. The van der Waals surface area contributed by atoms with E-state index >= 15 is 0 Å². The maximum atomic E-state index is 14.2. The topological polar surface area (TPSA) is 219 Å². The van der Waals surface area contributed by atoms with Crippen LogP contribution in [0.5, 0.6) is 0 Å². The van der Waals surface area contributed by atoms with E-state index in [0.29, 0.717) is 12.0 Å². The highest BCUT2D eigenvalue weighted by atomic mass is 16.6. The van der Waals surface area contributed by atoms with Gasteiger partial charge in [-0.25, -0.2) is 14.4 Å². The number of hydrogen-bond acceptors (Lipinski definition) is 11. The zero-order valence-corrected chi connectivity index (χ0v) is 39.2. The first kappa shape index (κ1) is 53.4. The molecule has 1 aromatic rings. The van der Waals surface area contributed by atoms with Gasteiger partial charge < -0.3 is 45.3 Å². The maximum Gasteiger partial charge on any atom is 0.407 e. The van der Waals surface area contributed by atoms with E-state index in [1.807, 2.05) is 26.8 Å². The normalized spacial score (nSPS) is 27.6. The van der Waals surface area contributed by atoms with Crippen LogP contribution in [0, 0.1) is 17.8 Å². The summed E-state index contributed by atoms with van der Waals surface area (Å²) in [6.07, 6.45) is -0.109. The molecule has 0 bridgehead atoms. The zero-order valence-electron chi connectivity index (χ0n) is 39.2. The summed E-state index contributed by atoms with van der Waals surface area (Å²) < 4.78 is 17.4. The lowest BCUT2D eigenvalue weighted by Gasteiger charge is -2.33. The summed E-state index contributed by atoms with van der Waals surface area (Å²) in [7, 11) is 4.22. The molecule has 0 saturated carbocycles. The Morgan fingerprint density at radius 2 is 1.54 bits per heavy atom. The number of nitrogens with one attached hydrogen (secondary N) is 4. The van der Waals surface area contributed by atoms with Gasteiger partial charge in [-0.3, -0.25) is 24.0 Å². The summed E-state index contributed by atoms with van der Waals surface area (Å²) in [5.74, 6) is -6.07. The molecule has 17 nitrogen and oxygen atoms in total. The van der Waals surface area contributed by atoms with Gasteiger partial charge in [0.1, 0.15) is 36.4 Å². The number of cyclic esters (lactones) is 2. The number of allylic oxidation sites excluding steroid dienone is 1. The minimum atomic E-state index is -1.30. The van der Waals surface area contributed by atoms with Crippen LogP contribution in [-0.4, -0.2) is 128 Å². The van der Waals surface area contributed by atoms with E-state index in [9.17, 15) is 38.4 Å². The number of benzene rings is 1. The van der Waals surface area contributed by atoms with E-state index in [-0.39, 0.29) is 30.8 Å². The lowest BCUT2D eigenvalue weighted by Crippen LogP contribution is -2.57. The molecular formula is C46H70N6O11. The Morgan fingerprint density at radius 1 is 0.921 bits per heavy atom. The van der Waals surface area contributed by atoms with E-state index in [4.69, 9.17) is 14.2 Å². The summed E-state index contributed by atoms with van der Waals surface area (Å²) in [6.45, 7) is 16.4. The molecule has 63 heavy (non-hydrogen) atoms. The molecule has 0 saturated heterocycles. The average molecular weight is 883 g/mol. The van der Waals surface area contributed by atoms with Gasteiger partial charge in [0.15, 0.2) is 6.10 Å². The molecule has 1 aliphatic heterocycles. The van der Waals surface area contributed by atoms with Gasteiger partial charge in [-0.2, -0.15) is 0 Å². The van der Waals surface area contributed by atoms with Crippen LogP contribution in [0.1, 0.15) is 94.1 Å². The fraction of sp³-hybridized carbons (Fsp3) is 0.609. The van der Waals surface area contributed by atoms with Crippen LogP contribution < -0.4 is 21.3 Å². The molecule has 0 aromatic heterocycles. The first-order chi connectivity index (χ1) is 29.6. The molecular weight excluding hydrogens is 813 g/mol. The third-order valence-electron chi connectivity index (χ3n) is 11.3. The second kappa shape index (κ2) is 25.4. The highest BCUT2D eigenvalue weighted by Gasteiger charge is 2.37. The van der Waals surface area contributed by atoms with Gasteiger partial charge in [-0.1, -0.05) is 83.5 Å². The summed E-state index contributed by atoms with van der Waals surface area (Å²) in [5, 5.41) is 10.5. The number of nitrogens with zero attached hydrogens (tertiary/aromatic N) is 2. The minimum absolute atomic E-state index is 0.0277. The Balaban J connectivity index is 2.71. The minimum Gasteiger partial charge on any atom is -0.456 e. The van der Waals surface area contributed by atoms with Crippen molar-refractivity contribution < 1.29 is 52.6 Å². The van der Waals surface area contributed by atoms with Gasteiger partial charge in [0, 0.05) is 45.5 Å². The van der Waals surface area contributed by atoms with Crippen LogP contribution >= 0.6 is 0 Å². The Kier molecular flexibility index (Phi) is 21.5. The fourth-order valence-corrected chi connectivity index (χ4v) is 6.89. The van der Waals surface area contributed by atoms with Crippen LogP contribution in [-0.2, 0) is 54.2 Å². The first-order valence-electron chi connectivity index (χ1n) is 21.6. The highest BCUT2D eigenvalue weighted by molar-refractivity contribution is 5.96. The molecule has 1 heterocycles. The molecule has 9 unspecified atom stereocenters. The van der Waals surface area contributed by atoms with Crippen molar-refractivity contribution in [3.05, 3.63) is 59.2 Å². The molecule has 9 atom stereocenters. The SMILES string of the molecule is C/C=C(\C)C1OC(=O)C(C)NC(=O)C(C(C)CC)NC(=O)CN(C)C(=O)C(Cc2ccccc2)N(C)C(=O)C(C)NC(=O)C(CC(C)C)OC(=O)/C(C)=C/CC(OC(=O)NC)C1C. The van der Waals surface area contributed by atoms with Crippen molar-refractivity contribution in [1.82, 2.24) is 31.1 Å². The second-order valence-electron chi connectivity index (χ2n) is 16.8. The zero-order chi connectivity index (χ0) is 47.7. The molecule has 0 spiro atoms. The molecule has 2 rings (SSSR count). The van der Waals surface area contributed by atoms with E-state index in [0.717, 1.165) is 10.5 Å². The Hall–Kier alpha value is -5.74. The van der Waals surface area contributed by atoms with E-state index in [2.05, 4.69) is 21.3 Å². The van der Waals surface area contributed by atoms with Crippen molar-refractivity contribution in [2.24, 2.45) is 17.8 Å². The number of ether oxygens (including phenoxy) is 3. The van der Waals surface area contributed by atoms with Gasteiger partial charge >= 0.3 is 18.0 Å². The van der Waals surface area contributed by atoms with Crippen molar-refractivity contribution in [2.45, 2.75) is 137 Å². The second-order valence-corrected chi connectivity index (χ2v) is 16.8. The van der Waals surface area contributed by atoms with Gasteiger partial charge in [0.05, 0.1) is 6.54 Å². The van der Waals surface area contributed by atoms with Crippen LogP contribution in [0.3, 0.4) is 0 Å². The monoisotopic (exact) mass is 883 g/mol. The van der Waals surface area contributed by atoms with Crippen LogP contribution in [0.15, 0.2) is 53.6 Å². The van der Waals surface area contributed by atoms with Crippen molar-refractivity contribution in [1.29, 1.82) is 0 Å². The van der Waals surface area contributed by atoms with Gasteiger partial charge in [-0.15, -0.1) is 0 Å². The van der Waals surface area contributed by atoms with Crippen LogP contribution in [0.4, 0.5) is 4.79 Å². The van der Waals surface area contributed by atoms with E-state index in [1.165, 1.54) is 52.9 Å². The standard InChI is InChI=1S/C46H70N6O11/c1-14-27(5)38-41(55)49-32(10)45(59)63-39(28(6)15-2)30(8)35(62-46(60)47-11)22-21-29(7)44(58)61-36(23-26(3)4)40(54)48-31(9)42(56)52(13)34(24-33-19-17-16-18-20-33)43(57)51(12)25-37(53)50-38/h15-21,26-27,30-32,34-36,38-39H,14,22-25H2,1-13H3,(H,47,60)(H,48,54)(H,49,55)(H,50,53)/b28-15+,29-21+. The average Bonchev–Trinajstić information content (AvgIpc) is 3.25. The Bertz CT molecular complexity index is 1830. The molecule has 4 N–H and O–H groups in total. The van der Waals surface area contributed by atoms with Gasteiger partial charge in [0.25, 0.3) is 5.91 Å². The molecule has 1 aliphatic rings. The number of alkyl carbamates (subject to hydrolysis) is 1. The number of esters is 2. The number of likely N-dealkylation sites (N-methyl/N-ethyl adjacent to an activating group) is 2. The summed E-state index contributed by atoms with van der Waals surface area (Å²) in [6, 6.07) is 4.39. The molecule has 1 aromatic carbocycles. The quantitative estimate of drug-likeness (QED) is 0.168. The van der Waals surface area contributed by atoms with Crippen molar-refractivity contribution in [2.75, 3.05) is 27.7 Å². The number of carbonyl (C=O) groups is 8. The van der Waals surface area contributed by atoms with E-state index in [1.54, 1.807) is 58.0 Å². The summed E-state index contributed by atoms with van der Waals surface area (Å²) >= 11 is 0. The summed E-state index contributed by atoms with van der Waals surface area (Å²) in [4.78, 5) is 112. The fourth-order valence-electron chi connectivity index (χ4n) is 6.89. The smallest absolute Gasteiger partial charge is 0.407 e. The van der Waals surface area contributed by atoms with Crippen LogP contribution in [0.2, 0.25) is 0 Å². The number of rotatable bonds is 8. The van der Waals surface area contributed by atoms with Gasteiger partial charge in [-0.05, 0) is 64.0 Å². The van der Waals surface area contributed by atoms with E-state index < -0.39 is 108 Å². The molecule has 350 valence electrons. The lowest BCUT2D eigenvalue weighted by molar-refractivity contribution is -0.155. The Labute approximate surface area is 372 Å². The number of carbonyl (C=O) groups excluding carboxylic acids is 8. The first-order valence-corrected chi connectivity index (χ1v) is 21.6. The number of amides is 6. The lowest BCUT2D eigenvalue weighted by atomic mass is 9.90. The third-order valence-corrected chi connectivity index (χ3v) is 11.3. The molecule has 0 radical (unpaired) electrons. The predicted molar refractivity (Wildman–Crippen MR) is 236 cm³/mol. The predicted octanol–water partition coefficient (Wildman–Crippen LogP) is 3.60. The number of hydrogen-bond donors (Lipinski definition) is 4. The van der Waals surface area contributed by atoms with Crippen molar-refractivity contribution in [3.8, 4) is 0 Å².